The molecule has 0 unspecified atom stereocenters. The van der Waals surface area contributed by atoms with Crippen LogP contribution >= 0.6 is 0 Å². The van der Waals surface area contributed by atoms with Gasteiger partial charge < -0.3 is 9.64 Å². The molecule has 7 heteroatoms. The van der Waals surface area contributed by atoms with E-state index in [4.69, 9.17) is 4.74 Å². The molecular weight excluding hydrogens is 352 g/mol. The molecule has 2 aromatic carbocycles. The van der Waals surface area contributed by atoms with Crippen molar-refractivity contribution in [2.24, 2.45) is 0 Å². The number of methoxy groups -OCH3 is 1. The summed E-state index contributed by atoms with van der Waals surface area (Å²) in [6, 6.07) is 13.0. The predicted molar refractivity (Wildman–Crippen MR) is 100 cm³/mol. The van der Waals surface area contributed by atoms with E-state index in [9.17, 15) is 13.2 Å². The van der Waals surface area contributed by atoms with Crippen molar-refractivity contribution < 1.29 is 17.9 Å². The Hall–Kier alpha value is -2.54. The van der Waals surface area contributed by atoms with Gasteiger partial charge >= 0.3 is 0 Å². The van der Waals surface area contributed by atoms with Gasteiger partial charge in [-0.05, 0) is 55.3 Å². The summed E-state index contributed by atoms with van der Waals surface area (Å²) in [6.07, 6.45) is 1.98. The number of nitrogens with zero attached hydrogens (tertiary/aromatic N) is 2. The molecule has 138 valence electrons. The second-order valence-corrected chi connectivity index (χ2v) is 8.17. The standard InChI is InChI=1S/C19H22N2O4S/c1-20(16-8-10-17(25-2)11-9-16)26(23,24)18-7-5-6-15(14-18)19(22)21-12-3-4-13-21/h5-11,14H,3-4,12-13H2,1-2H3. The Kier molecular flexibility index (Phi) is 5.18. The monoisotopic (exact) mass is 374 g/mol. The van der Waals surface area contributed by atoms with Gasteiger partial charge in [-0.15, -0.1) is 0 Å². The molecule has 26 heavy (non-hydrogen) atoms. The maximum Gasteiger partial charge on any atom is 0.264 e. The average Bonchev–Trinajstić information content (AvgIpc) is 3.21. The lowest BCUT2D eigenvalue weighted by atomic mass is 10.2. The Balaban J connectivity index is 1.88. The number of anilines is 1. The molecule has 1 aliphatic heterocycles. The number of carbonyl (C=O) groups is 1. The number of carbonyl (C=O) groups excluding carboxylic acids is 1. The van der Waals surface area contributed by atoms with E-state index < -0.39 is 10.0 Å². The fourth-order valence-corrected chi connectivity index (χ4v) is 4.22. The van der Waals surface area contributed by atoms with Gasteiger partial charge in [0.25, 0.3) is 15.9 Å². The third-order valence-corrected chi connectivity index (χ3v) is 6.35. The molecule has 2 aromatic rings. The largest absolute Gasteiger partial charge is 0.497 e. The fraction of sp³-hybridized carbons (Fsp3) is 0.316. The van der Waals surface area contributed by atoms with Crippen LogP contribution in [0.4, 0.5) is 5.69 Å². The van der Waals surface area contributed by atoms with Crippen molar-refractivity contribution in [2.45, 2.75) is 17.7 Å². The normalized spacial score (nSPS) is 14.3. The van der Waals surface area contributed by atoms with Crippen LogP contribution in [-0.2, 0) is 10.0 Å². The number of likely N-dealkylation sites (tertiary alicyclic amines) is 1. The molecule has 0 atom stereocenters. The number of benzene rings is 2. The summed E-state index contributed by atoms with van der Waals surface area (Å²) in [6.45, 7) is 1.45. The molecule has 0 aliphatic carbocycles. The minimum Gasteiger partial charge on any atom is -0.497 e. The van der Waals surface area contributed by atoms with E-state index in [1.807, 2.05) is 0 Å². The number of ether oxygens (including phenoxy) is 1. The second-order valence-electron chi connectivity index (χ2n) is 6.20. The van der Waals surface area contributed by atoms with Gasteiger partial charge in [0.2, 0.25) is 0 Å². The molecule has 0 N–H and O–H groups in total. The van der Waals surface area contributed by atoms with Gasteiger partial charge in [-0.25, -0.2) is 8.42 Å². The van der Waals surface area contributed by atoms with Gasteiger partial charge in [0.05, 0.1) is 17.7 Å². The minimum atomic E-state index is -3.77. The smallest absolute Gasteiger partial charge is 0.264 e. The van der Waals surface area contributed by atoms with Crippen LogP contribution < -0.4 is 9.04 Å². The van der Waals surface area contributed by atoms with Crippen LogP contribution in [0.1, 0.15) is 23.2 Å². The summed E-state index contributed by atoms with van der Waals surface area (Å²) in [5.74, 6) is 0.532. The Bertz CT molecular complexity index is 888. The van der Waals surface area contributed by atoms with Crippen molar-refractivity contribution in [1.29, 1.82) is 0 Å². The zero-order valence-corrected chi connectivity index (χ0v) is 15.7. The maximum absolute atomic E-state index is 13.0. The number of sulfonamides is 1. The lowest BCUT2D eigenvalue weighted by molar-refractivity contribution is 0.0792. The van der Waals surface area contributed by atoms with Crippen LogP contribution in [0.5, 0.6) is 5.75 Å². The van der Waals surface area contributed by atoms with E-state index in [1.165, 1.54) is 23.5 Å². The van der Waals surface area contributed by atoms with Gasteiger partial charge in [-0.3, -0.25) is 9.10 Å². The minimum absolute atomic E-state index is 0.0980. The van der Waals surface area contributed by atoms with E-state index in [0.29, 0.717) is 17.0 Å². The quantitative estimate of drug-likeness (QED) is 0.807. The zero-order chi connectivity index (χ0) is 18.7. The first-order valence-corrected chi connectivity index (χ1v) is 9.90. The number of hydrogen-bond donors (Lipinski definition) is 0. The summed E-state index contributed by atoms with van der Waals surface area (Å²) >= 11 is 0. The van der Waals surface area contributed by atoms with Gasteiger partial charge in [0.15, 0.2) is 0 Å². The highest BCUT2D eigenvalue weighted by molar-refractivity contribution is 7.92. The van der Waals surface area contributed by atoms with Crippen LogP contribution in [0.15, 0.2) is 53.4 Å². The summed E-state index contributed by atoms with van der Waals surface area (Å²) < 4.78 is 32.2. The van der Waals surface area contributed by atoms with Crippen molar-refractivity contribution in [2.75, 3.05) is 31.6 Å². The van der Waals surface area contributed by atoms with E-state index >= 15 is 0 Å². The van der Waals surface area contributed by atoms with Crippen molar-refractivity contribution in [1.82, 2.24) is 4.90 Å². The van der Waals surface area contributed by atoms with Crippen molar-refractivity contribution in [3.05, 3.63) is 54.1 Å². The zero-order valence-electron chi connectivity index (χ0n) is 14.9. The Morgan fingerprint density at radius 3 is 2.35 bits per heavy atom. The summed E-state index contributed by atoms with van der Waals surface area (Å²) in [5.41, 5.74) is 0.915. The molecule has 0 radical (unpaired) electrons. The molecule has 0 spiro atoms. The van der Waals surface area contributed by atoms with Crippen molar-refractivity contribution in [3.8, 4) is 5.75 Å². The topological polar surface area (TPSA) is 66.9 Å². The molecule has 0 aromatic heterocycles. The molecule has 0 bridgehead atoms. The highest BCUT2D eigenvalue weighted by Crippen LogP contribution is 2.25. The highest BCUT2D eigenvalue weighted by atomic mass is 32.2. The molecular formula is C19H22N2O4S. The summed E-state index contributed by atoms with van der Waals surface area (Å²) in [7, 11) is -0.723. The third-order valence-electron chi connectivity index (χ3n) is 4.57. The molecule has 6 nitrogen and oxygen atoms in total. The van der Waals surface area contributed by atoms with Gasteiger partial charge in [0.1, 0.15) is 5.75 Å². The number of amides is 1. The lowest BCUT2D eigenvalue weighted by Crippen LogP contribution is -2.29. The van der Waals surface area contributed by atoms with Gasteiger partial charge in [-0.2, -0.15) is 0 Å². The SMILES string of the molecule is COc1ccc(N(C)S(=O)(=O)c2cccc(C(=O)N3CCCC3)c2)cc1. The average molecular weight is 374 g/mol. The molecule has 1 saturated heterocycles. The number of rotatable bonds is 5. The molecule has 0 saturated carbocycles. The van der Waals surface area contributed by atoms with Crippen molar-refractivity contribution in [3.63, 3.8) is 0 Å². The molecule has 3 rings (SSSR count). The predicted octanol–water partition coefficient (Wildman–Crippen LogP) is 2.76. The Morgan fingerprint density at radius 2 is 1.73 bits per heavy atom. The molecule has 1 amide bonds. The lowest BCUT2D eigenvalue weighted by Gasteiger charge is -2.21. The molecule has 1 fully saturated rings. The molecule has 1 heterocycles. The molecule has 1 aliphatic rings. The Morgan fingerprint density at radius 1 is 1.08 bits per heavy atom. The second kappa shape index (κ2) is 7.37. The first-order valence-electron chi connectivity index (χ1n) is 8.46. The van der Waals surface area contributed by atoms with Gasteiger partial charge in [0, 0.05) is 25.7 Å². The number of hydrogen-bond acceptors (Lipinski definition) is 4. The van der Waals surface area contributed by atoms with E-state index in [1.54, 1.807) is 48.4 Å². The van der Waals surface area contributed by atoms with Crippen LogP contribution in [0.2, 0.25) is 0 Å². The third kappa shape index (κ3) is 3.53. The highest BCUT2D eigenvalue weighted by Gasteiger charge is 2.24. The van der Waals surface area contributed by atoms with E-state index in [-0.39, 0.29) is 10.8 Å². The van der Waals surface area contributed by atoms with Gasteiger partial charge in [-0.1, -0.05) is 6.07 Å². The first-order chi connectivity index (χ1) is 12.4. The van der Waals surface area contributed by atoms with Crippen LogP contribution in [0.3, 0.4) is 0 Å². The van der Waals surface area contributed by atoms with E-state index in [0.717, 1.165) is 25.9 Å². The first kappa shape index (κ1) is 18.3. The Labute approximate surface area is 154 Å². The summed E-state index contributed by atoms with van der Waals surface area (Å²) in [4.78, 5) is 14.4. The maximum atomic E-state index is 13.0. The fourth-order valence-electron chi connectivity index (χ4n) is 2.98. The van der Waals surface area contributed by atoms with Crippen LogP contribution in [0.25, 0.3) is 0 Å². The van der Waals surface area contributed by atoms with Crippen molar-refractivity contribution >= 4 is 21.6 Å². The summed E-state index contributed by atoms with van der Waals surface area (Å²) in [5, 5.41) is 0. The van der Waals surface area contributed by atoms with Crippen LogP contribution in [0, 0.1) is 0 Å². The van der Waals surface area contributed by atoms with Crippen LogP contribution in [-0.4, -0.2) is 46.5 Å². The van der Waals surface area contributed by atoms with E-state index in [2.05, 4.69) is 0 Å².